The molecule has 1 aliphatic heterocycles. The van der Waals surface area contributed by atoms with Crippen molar-refractivity contribution in [3.05, 3.63) is 33.7 Å². The van der Waals surface area contributed by atoms with Crippen LogP contribution in [0.3, 0.4) is 0 Å². The van der Waals surface area contributed by atoms with Crippen molar-refractivity contribution in [3.8, 4) is 0 Å². The molecule has 1 aliphatic carbocycles. The summed E-state index contributed by atoms with van der Waals surface area (Å²) < 4.78 is 11.6. The van der Waals surface area contributed by atoms with Crippen molar-refractivity contribution in [1.29, 1.82) is 0 Å². The van der Waals surface area contributed by atoms with E-state index >= 15 is 0 Å². The van der Waals surface area contributed by atoms with Gasteiger partial charge >= 0.3 is 5.97 Å². The third kappa shape index (κ3) is 2.43. The summed E-state index contributed by atoms with van der Waals surface area (Å²) in [5.41, 5.74) is 1.13. The Morgan fingerprint density at radius 3 is 2.65 bits per heavy atom. The molecule has 0 spiro atoms. The quantitative estimate of drug-likeness (QED) is 0.753. The summed E-state index contributed by atoms with van der Waals surface area (Å²) in [6, 6.07) is 1.68. The van der Waals surface area contributed by atoms with Crippen molar-refractivity contribution in [1.82, 2.24) is 4.68 Å². The second-order valence-electron chi connectivity index (χ2n) is 5.17. The van der Waals surface area contributed by atoms with Gasteiger partial charge < -0.3 is 14.5 Å². The van der Waals surface area contributed by atoms with Gasteiger partial charge in [0.25, 0.3) is 5.56 Å². The fraction of sp³-hybridized carbons (Fsp3) is 0.571. The number of rotatable bonds is 3. The molecular weight excluding hydrogens is 260 g/mol. The van der Waals surface area contributed by atoms with E-state index in [-0.39, 0.29) is 5.56 Å². The first-order valence-corrected chi connectivity index (χ1v) is 6.88. The van der Waals surface area contributed by atoms with E-state index in [9.17, 15) is 9.59 Å². The number of hydrogen-bond acceptors (Lipinski definition) is 5. The largest absolute Gasteiger partial charge is 0.465 e. The maximum atomic E-state index is 12.5. The van der Waals surface area contributed by atoms with Crippen LogP contribution in [0.5, 0.6) is 0 Å². The van der Waals surface area contributed by atoms with Crippen LogP contribution < -0.4 is 10.6 Å². The van der Waals surface area contributed by atoms with Crippen molar-refractivity contribution >= 4 is 5.97 Å². The number of pyridine rings is 1. The average Bonchev–Trinajstić information content (AvgIpc) is 3.32. The standard InChI is InChI=1S/C14H18N2O4/c1-19-14(18)11-8-12(10-2-3-10)13(17)16(9-11)15-4-6-20-7-5-15/h8-10H,2-7H2,1H3. The first kappa shape index (κ1) is 13.2. The molecule has 2 fully saturated rings. The molecule has 0 unspecified atom stereocenters. The lowest BCUT2D eigenvalue weighted by molar-refractivity contribution is 0.0599. The van der Waals surface area contributed by atoms with Crippen molar-refractivity contribution in [3.63, 3.8) is 0 Å². The Bertz CT molecular complexity index is 571. The molecule has 108 valence electrons. The molecule has 0 radical (unpaired) electrons. The van der Waals surface area contributed by atoms with Gasteiger partial charge in [0.15, 0.2) is 0 Å². The molecule has 6 heteroatoms. The van der Waals surface area contributed by atoms with Crippen LogP contribution in [0.2, 0.25) is 0 Å². The summed E-state index contributed by atoms with van der Waals surface area (Å²) in [5, 5.41) is 1.92. The van der Waals surface area contributed by atoms with Crippen LogP contribution >= 0.6 is 0 Å². The normalized spacial score (nSPS) is 18.9. The van der Waals surface area contributed by atoms with Gasteiger partial charge in [-0.3, -0.25) is 4.79 Å². The molecule has 20 heavy (non-hydrogen) atoms. The van der Waals surface area contributed by atoms with Gasteiger partial charge in [-0.1, -0.05) is 0 Å². The molecule has 3 rings (SSSR count). The second kappa shape index (κ2) is 5.28. The molecule has 1 saturated heterocycles. The van der Waals surface area contributed by atoms with E-state index in [0.717, 1.165) is 18.4 Å². The number of methoxy groups -OCH3 is 1. The highest BCUT2D eigenvalue weighted by atomic mass is 16.5. The number of esters is 1. The van der Waals surface area contributed by atoms with Gasteiger partial charge in [-0.25, -0.2) is 9.47 Å². The summed E-state index contributed by atoms with van der Waals surface area (Å²) in [4.78, 5) is 24.3. The van der Waals surface area contributed by atoms with Gasteiger partial charge in [-0.05, 0) is 24.8 Å². The van der Waals surface area contributed by atoms with Crippen molar-refractivity contribution < 1.29 is 14.3 Å². The zero-order chi connectivity index (χ0) is 14.1. The first-order valence-electron chi connectivity index (χ1n) is 6.88. The monoisotopic (exact) mass is 278 g/mol. The predicted molar refractivity (Wildman–Crippen MR) is 72.8 cm³/mol. The number of ether oxygens (including phenoxy) is 2. The Morgan fingerprint density at radius 2 is 2.05 bits per heavy atom. The number of hydrogen-bond donors (Lipinski definition) is 0. The Morgan fingerprint density at radius 1 is 1.35 bits per heavy atom. The predicted octanol–water partition coefficient (Wildman–Crippen LogP) is 0.480. The fourth-order valence-corrected chi connectivity index (χ4v) is 2.48. The van der Waals surface area contributed by atoms with Gasteiger partial charge in [0.2, 0.25) is 0 Å². The third-order valence-electron chi connectivity index (χ3n) is 3.76. The van der Waals surface area contributed by atoms with Gasteiger partial charge in [0.1, 0.15) is 0 Å². The van der Waals surface area contributed by atoms with Crippen LogP contribution in [-0.2, 0) is 9.47 Å². The van der Waals surface area contributed by atoms with Crippen LogP contribution in [0.15, 0.2) is 17.1 Å². The minimum atomic E-state index is -0.408. The minimum Gasteiger partial charge on any atom is -0.465 e. The molecule has 1 aromatic heterocycles. The number of carbonyl (C=O) groups is 1. The van der Waals surface area contributed by atoms with E-state index in [1.54, 1.807) is 16.9 Å². The van der Waals surface area contributed by atoms with E-state index in [4.69, 9.17) is 9.47 Å². The topological polar surface area (TPSA) is 60.8 Å². The highest BCUT2D eigenvalue weighted by Crippen LogP contribution is 2.38. The van der Waals surface area contributed by atoms with Crippen LogP contribution in [0, 0.1) is 0 Å². The first-order chi connectivity index (χ1) is 9.70. The number of nitrogens with zero attached hydrogens (tertiary/aromatic N) is 2. The molecule has 2 heterocycles. The average molecular weight is 278 g/mol. The molecule has 0 aromatic carbocycles. The lowest BCUT2D eigenvalue weighted by Gasteiger charge is -2.30. The number of carbonyl (C=O) groups excluding carboxylic acids is 1. The molecule has 6 nitrogen and oxygen atoms in total. The Hall–Kier alpha value is -1.82. The summed E-state index contributed by atoms with van der Waals surface area (Å²) in [6.07, 6.45) is 3.61. The van der Waals surface area contributed by atoms with Gasteiger partial charge in [-0.15, -0.1) is 0 Å². The summed E-state index contributed by atoms with van der Waals surface area (Å²) in [7, 11) is 1.35. The van der Waals surface area contributed by atoms with Gasteiger partial charge in [0.05, 0.1) is 39.0 Å². The van der Waals surface area contributed by atoms with Crippen LogP contribution in [0.25, 0.3) is 0 Å². The smallest absolute Gasteiger partial charge is 0.339 e. The van der Waals surface area contributed by atoms with Crippen LogP contribution in [0.1, 0.15) is 34.7 Å². The van der Waals surface area contributed by atoms with Crippen molar-refractivity contribution in [2.45, 2.75) is 18.8 Å². The van der Waals surface area contributed by atoms with Crippen molar-refractivity contribution in [2.24, 2.45) is 0 Å². The van der Waals surface area contributed by atoms with Gasteiger partial charge in [-0.2, -0.15) is 0 Å². The highest BCUT2D eigenvalue weighted by Gasteiger charge is 2.29. The minimum absolute atomic E-state index is 0.0259. The van der Waals surface area contributed by atoms with E-state index < -0.39 is 5.97 Å². The van der Waals surface area contributed by atoms with Gasteiger partial charge in [0, 0.05) is 11.8 Å². The van der Waals surface area contributed by atoms with E-state index in [1.165, 1.54) is 7.11 Å². The maximum absolute atomic E-state index is 12.5. The van der Waals surface area contributed by atoms with E-state index in [1.807, 2.05) is 5.01 Å². The number of morpholine rings is 1. The third-order valence-corrected chi connectivity index (χ3v) is 3.76. The zero-order valence-corrected chi connectivity index (χ0v) is 11.5. The molecule has 0 atom stereocenters. The summed E-state index contributed by atoms with van der Waals surface area (Å²) >= 11 is 0. The second-order valence-corrected chi connectivity index (χ2v) is 5.17. The molecule has 1 aromatic rings. The zero-order valence-electron chi connectivity index (χ0n) is 11.5. The highest BCUT2D eigenvalue weighted by molar-refractivity contribution is 5.89. The lowest BCUT2D eigenvalue weighted by Crippen LogP contribution is -2.49. The van der Waals surface area contributed by atoms with Crippen molar-refractivity contribution in [2.75, 3.05) is 38.4 Å². The van der Waals surface area contributed by atoms with E-state index in [2.05, 4.69) is 0 Å². The Kier molecular flexibility index (Phi) is 3.48. The Labute approximate surface area is 116 Å². The summed E-state index contributed by atoms with van der Waals surface area (Å²) in [5.74, 6) is -0.117. The SMILES string of the molecule is COC(=O)c1cc(C2CC2)c(=O)n(N2CCOCC2)c1. The van der Waals surface area contributed by atoms with Crippen LogP contribution in [-0.4, -0.2) is 44.1 Å². The Balaban J connectivity index is 2.04. The van der Waals surface area contributed by atoms with E-state index in [0.29, 0.717) is 37.8 Å². The molecular formula is C14H18N2O4. The fourth-order valence-electron chi connectivity index (χ4n) is 2.48. The van der Waals surface area contributed by atoms with Crippen LogP contribution in [0.4, 0.5) is 0 Å². The lowest BCUT2D eigenvalue weighted by atomic mass is 10.1. The molecule has 2 aliphatic rings. The maximum Gasteiger partial charge on any atom is 0.339 e. The molecule has 0 bridgehead atoms. The molecule has 0 N–H and O–H groups in total. The number of aromatic nitrogens is 1. The summed E-state index contributed by atoms with van der Waals surface area (Å²) in [6.45, 7) is 2.48. The molecule has 1 saturated carbocycles. The molecule has 0 amide bonds.